The van der Waals surface area contributed by atoms with Crippen molar-refractivity contribution in [2.45, 2.75) is 39.2 Å². The van der Waals surface area contributed by atoms with Gasteiger partial charge in [0, 0.05) is 11.1 Å². The quantitative estimate of drug-likeness (QED) is 0.825. The van der Waals surface area contributed by atoms with Gasteiger partial charge in [-0.25, -0.2) is 0 Å². The zero-order valence-corrected chi connectivity index (χ0v) is 13.0. The number of hydrogen-bond acceptors (Lipinski definition) is 1. The highest BCUT2D eigenvalue weighted by Gasteiger charge is 2.26. The molecule has 1 N–H and O–H groups in total. The second kappa shape index (κ2) is 6.61. The summed E-state index contributed by atoms with van der Waals surface area (Å²) in [6.45, 7) is 6.08. The minimum atomic E-state index is -0.793. The van der Waals surface area contributed by atoms with Gasteiger partial charge in [0.2, 0.25) is 0 Å². The molecule has 0 aromatic heterocycles. The molecule has 1 nitrogen and oxygen atoms in total. The highest BCUT2D eigenvalue weighted by molar-refractivity contribution is 5.48. The monoisotopic (exact) mass is 278 g/mol. The molecular weight excluding hydrogens is 256 g/mol. The third-order valence-corrected chi connectivity index (χ3v) is 3.99. The highest BCUT2D eigenvalue weighted by Crippen LogP contribution is 2.30. The van der Waals surface area contributed by atoms with Crippen LogP contribution in [-0.2, 0) is 5.60 Å². The molecule has 0 spiro atoms. The van der Waals surface area contributed by atoms with Crippen LogP contribution in [0.4, 0.5) is 0 Å². The van der Waals surface area contributed by atoms with Gasteiger partial charge in [0.15, 0.2) is 0 Å². The van der Waals surface area contributed by atoms with Crippen molar-refractivity contribution in [3.05, 3.63) is 70.8 Å². The van der Waals surface area contributed by atoms with E-state index >= 15 is 0 Å². The van der Waals surface area contributed by atoms with Gasteiger partial charge in [-0.1, -0.05) is 61.6 Å². The van der Waals surface area contributed by atoms with Crippen LogP contribution in [0.25, 0.3) is 0 Å². The maximum Gasteiger partial charge on any atom is 0.0903 e. The maximum atomic E-state index is 10.7. The first kappa shape index (κ1) is 15.4. The molecule has 0 bridgehead atoms. The lowest BCUT2D eigenvalue weighted by Gasteiger charge is -2.26. The molecular formula is C20H22O. The summed E-state index contributed by atoms with van der Waals surface area (Å²) in [4.78, 5) is 0. The van der Waals surface area contributed by atoms with Crippen molar-refractivity contribution in [2.24, 2.45) is 0 Å². The van der Waals surface area contributed by atoms with Crippen molar-refractivity contribution in [3.63, 3.8) is 0 Å². The first-order valence-electron chi connectivity index (χ1n) is 7.49. The number of rotatable bonds is 3. The molecule has 0 aliphatic carbocycles. The van der Waals surface area contributed by atoms with Gasteiger partial charge in [-0.05, 0) is 43.5 Å². The first-order valence-corrected chi connectivity index (χ1v) is 7.49. The average molecular weight is 278 g/mol. The summed E-state index contributed by atoms with van der Waals surface area (Å²) in [5, 5.41) is 10.7. The van der Waals surface area contributed by atoms with Crippen LogP contribution in [0.3, 0.4) is 0 Å². The van der Waals surface area contributed by atoms with E-state index in [4.69, 9.17) is 0 Å². The highest BCUT2D eigenvalue weighted by atomic mass is 16.3. The van der Waals surface area contributed by atoms with Crippen LogP contribution in [0.2, 0.25) is 0 Å². The van der Waals surface area contributed by atoms with E-state index in [0.717, 1.165) is 16.7 Å². The van der Waals surface area contributed by atoms with Crippen LogP contribution in [0.1, 0.15) is 48.9 Å². The Bertz CT molecular complexity index is 652. The molecule has 1 heteroatoms. The summed E-state index contributed by atoms with van der Waals surface area (Å²) in [5.41, 5.74) is 3.26. The van der Waals surface area contributed by atoms with E-state index in [1.165, 1.54) is 5.56 Å². The predicted molar refractivity (Wildman–Crippen MR) is 88.1 cm³/mol. The Morgan fingerprint density at radius 2 is 1.52 bits per heavy atom. The van der Waals surface area contributed by atoms with Gasteiger partial charge in [-0.15, -0.1) is 0 Å². The van der Waals surface area contributed by atoms with E-state index in [9.17, 15) is 5.11 Å². The SMILES string of the molecule is CCC(O)(CC)c1ccccc1C#Cc1ccc(C)cc1. The molecule has 21 heavy (non-hydrogen) atoms. The fraction of sp³-hybridized carbons (Fsp3) is 0.300. The fourth-order valence-corrected chi connectivity index (χ4v) is 2.41. The second-order valence-electron chi connectivity index (χ2n) is 5.40. The van der Waals surface area contributed by atoms with Gasteiger partial charge in [0.25, 0.3) is 0 Å². The zero-order valence-electron chi connectivity index (χ0n) is 13.0. The minimum Gasteiger partial charge on any atom is -0.385 e. The minimum absolute atomic E-state index is 0.687. The lowest BCUT2D eigenvalue weighted by Crippen LogP contribution is -2.24. The number of aliphatic hydroxyl groups is 1. The Hall–Kier alpha value is -2.04. The van der Waals surface area contributed by atoms with Crippen molar-refractivity contribution in [1.82, 2.24) is 0 Å². The number of hydrogen-bond donors (Lipinski definition) is 1. The lowest BCUT2D eigenvalue weighted by molar-refractivity contribution is 0.0281. The molecule has 2 aromatic carbocycles. The summed E-state index contributed by atoms with van der Waals surface area (Å²) in [6.07, 6.45) is 1.37. The van der Waals surface area contributed by atoms with Gasteiger partial charge >= 0.3 is 0 Å². The Morgan fingerprint density at radius 3 is 2.14 bits per heavy atom. The molecule has 0 saturated heterocycles. The summed E-state index contributed by atoms with van der Waals surface area (Å²) in [5.74, 6) is 6.40. The topological polar surface area (TPSA) is 20.2 Å². The molecule has 0 saturated carbocycles. The van der Waals surface area contributed by atoms with E-state index in [2.05, 4.69) is 30.9 Å². The van der Waals surface area contributed by atoms with Crippen LogP contribution in [0.15, 0.2) is 48.5 Å². The number of benzene rings is 2. The Kier molecular flexibility index (Phi) is 4.83. The lowest BCUT2D eigenvalue weighted by atomic mass is 9.85. The standard InChI is InChI=1S/C20H22O/c1-4-20(21,5-2)19-9-7-6-8-18(19)15-14-17-12-10-16(3)11-13-17/h6-13,21H,4-5H2,1-3H3. The Labute approximate surface area is 127 Å². The maximum absolute atomic E-state index is 10.7. The second-order valence-corrected chi connectivity index (χ2v) is 5.40. The molecule has 108 valence electrons. The molecule has 0 heterocycles. The van der Waals surface area contributed by atoms with Crippen molar-refractivity contribution in [1.29, 1.82) is 0 Å². The van der Waals surface area contributed by atoms with E-state index in [-0.39, 0.29) is 0 Å². The van der Waals surface area contributed by atoms with Crippen molar-refractivity contribution in [2.75, 3.05) is 0 Å². The van der Waals surface area contributed by atoms with Gasteiger partial charge < -0.3 is 5.11 Å². The normalized spacial score (nSPS) is 10.9. The molecule has 0 unspecified atom stereocenters. The summed E-state index contributed by atoms with van der Waals surface area (Å²) < 4.78 is 0. The van der Waals surface area contributed by atoms with Crippen molar-refractivity contribution >= 4 is 0 Å². The Balaban J connectivity index is 2.40. The van der Waals surface area contributed by atoms with Gasteiger partial charge in [-0.2, -0.15) is 0 Å². The fourth-order valence-electron chi connectivity index (χ4n) is 2.41. The summed E-state index contributed by atoms with van der Waals surface area (Å²) in [6, 6.07) is 16.1. The Morgan fingerprint density at radius 1 is 0.905 bits per heavy atom. The third kappa shape index (κ3) is 3.54. The summed E-state index contributed by atoms with van der Waals surface area (Å²) >= 11 is 0. The van der Waals surface area contributed by atoms with Gasteiger partial charge in [0.1, 0.15) is 0 Å². The van der Waals surface area contributed by atoms with Crippen LogP contribution >= 0.6 is 0 Å². The van der Waals surface area contributed by atoms with Crippen LogP contribution < -0.4 is 0 Å². The van der Waals surface area contributed by atoms with Crippen LogP contribution in [-0.4, -0.2) is 5.11 Å². The van der Waals surface area contributed by atoms with Gasteiger partial charge in [0.05, 0.1) is 5.60 Å². The van der Waals surface area contributed by atoms with E-state index in [1.54, 1.807) is 0 Å². The zero-order chi connectivity index (χ0) is 15.3. The third-order valence-electron chi connectivity index (χ3n) is 3.99. The molecule has 0 aliphatic heterocycles. The predicted octanol–water partition coefficient (Wildman–Crippen LogP) is 4.40. The average Bonchev–Trinajstić information content (AvgIpc) is 2.54. The largest absolute Gasteiger partial charge is 0.385 e. The molecule has 0 atom stereocenters. The molecule has 0 fully saturated rings. The first-order chi connectivity index (χ1) is 10.1. The molecule has 2 rings (SSSR count). The van der Waals surface area contributed by atoms with E-state index in [1.807, 2.05) is 50.2 Å². The molecule has 2 aromatic rings. The van der Waals surface area contributed by atoms with Gasteiger partial charge in [-0.3, -0.25) is 0 Å². The van der Waals surface area contributed by atoms with E-state index < -0.39 is 5.60 Å². The number of aryl methyl sites for hydroxylation is 1. The molecule has 0 aliphatic rings. The van der Waals surface area contributed by atoms with Crippen LogP contribution in [0.5, 0.6) is 0 Å². The molecule has 0 radical (unpaired) electrons. The van der Waals surface area contributed by atoms with Crippen molar-refractivity contribution in [3.8, 4) is 11.8 Å². The smallest absolute Gasteiger partial charge is 0.0903 e. The van der Waals surface area contributed by atoms with E-state index in [0.29, 0.717) is 12.8 Å². The van der Waals surface area contributed by atoms with Crippen LogP contribution in [0, 0.1) is 18.8 Å². The molecule has 0 amide bonds. The summed E-state index contributed by atoms with van der Waals surface area (Å²) in [7, 11) is 0. The van der Waals surface area contributed by atoms with Crippen molar-refractivity contribution < 1.29 is 5.11 Å².